The maximum atomic E-state index is 5.69. The molecule has 0 aliphatic rings. The van der Waals surface area contributed by atoms with Gasteiger partial charge in [-0.3, -0.25) is 0 Å². The summed E-state index contributed by atoms with van der Waals surface area (Å²) < 4.78 is 5.63. The highest BCUT2D eigenvalue weighted by atomic mass is 16.5. The molecule has 0 atom stereocenters. The van der Waals surface area contributed by atoms with E-state index in [-0.39, 0.29) is 0 Å². The smallest absolute Gasteiger partial charge is 0.224 e. The summed E-state index contributed by atoms with van der Waals surface area (Å²) in [6.45, 7) is 4.85. The van der Waals surface area contributed by atoms with Gasteiger partial charge in [-0.1, -0.05) is 13.8 Å². The molecule has 2 aromatic rings. The van der Waals surface area contributed by atoms with E-state index in [0.29, 0.717) is 24.1 Å². The van der Waals surface area contributed by atoms with Crippen molar-refractivity contribution in [3.05, 3.63) is 24.5 Å². The van der Waals surface area contributed by atoms with Crippen LogP contribution in [0.25, 0.3) is 10.9 Å². The molecule has 0 saturated carbocycles. The Hall–Kier alpha value is -1.84. The Morgan fingerprint density at radius 1 is 1.31 bits per heavy atom. The molecule has 0 radical (unpaired) electrons. The van der Waals surface area contributed by atoms with Gasteiger partial charge in [0.05, 0.1) is 17.5 Å². The average molecular weight is 217 g/mol. The summed E-state index contributed by atoms with van der Waals surface area (Å²) in [5, 5.41) is 0.900. The fourth-order valence-corrected chi connectivity index (χ4v) is 1.41. The van der Waals surface area contributed by atoms with E-state index in [0.717, 1.165) is 10.9 Å². The molecule has 16 heavy (non-hydrogen) atoms. The van der Waals surface area contributed by atoms with Crippen LogP contribution in [-0.4, -0.2) is 16.6 Å². The molecule has 0 fully saturated rings. The minimum atomic E-state index is 0.471. The van der Waals surface area contributed by atoms with Crippen LogP contribution in [0, 0.1) is 5.92 Å². The topological polar surface area (TPSA) is 61.0 Å². The van der Waals surface area contributed by atoms with Gasteiger partial charge in [0.2, 0.25) is 5.88 Å². The average Bonchev–Trinajstić information content (AvgIpc) is 2.25. The van der Waals surface area contributed by atoms with E-state index in [1.165, 1.54) is 6.33 Å². The maximum Gasteiger partial charge on any atom is 0.224 e. The van der Waals surface area contributed by atoms with Crippen molar-refractivity contribution in [2.45, 2.75) is 13.8 Å². The standard InChI is InChI=1S/C12H15N3O/c1-8(2)6-16-12-10-4-3-9(13)5-11(10)14-7-15-12/h3-5,7-8H,6,13H2,1-2H3. The molecular weight excluding hydrogens is 202 g/mol. The SMILES string of the molecule is CC(C)COc1ncnc2cc(N)ccc12. The van der Waals surface area contributed by atoms with E-state index in [9.17, 15) is 0 Å². The molecule has 0 amide bonds. The number of ether oxygens (including phenoxy) is 1. The van der Waals surface area contributed by atoms with Gasteiger partial charge in [-0.15, -0.1) is 0 Å². The highest BCUT2D eigenvalue weighted by Crippen LogP contribution is 2.23. The van der Waals surface area contributed by atoms with E-state index < -0.39 is 0 Å². The first-order valence-electron chi connectivity index (χ1n) is 5.30. The van der Waals surface area contributed by atoms with Gasteiger partial charge in [0.25, 0.3) is 0 Å². The molecule has 0 saturated heterocycles. The van der Waals surface area contributed by atoms with Crippen LogP contribution in [-0.2, 0) is 0 Å². The summed E-state index contributed by atoms with van der Waals surface area (Å²) in [6, 6.07) is 5.54. The molecule has 1 aromatic carbocycles. The fourth-order valence-electron chi connectivity index (χ4n) is 1.41. The number of hydrogen-bond acceptors (Lipinski definition) is 4. The molecule has 0 aliphatic carbocycles. The lowest BCUT2D eigenvalue weighted by atomic mass is 10.2. The normalized spacial score (nSPS) is 10.9. The minimum absolute atomic E-state index is 0.471. The lowest BCUT2D eigenvalue weighted by molar-refractivity contribution is 0.264. The predicted octanol–water partition coefficient (Wildman–Crippen LogP) is 2.25. The van der Waals surface area contributed by atoms with E-state index in [4.69, 9.17) is 10.5 Å². The highest BCUT2D eigenvalue weighted by Gasteiger charge is 2.05. The molecule has 2 rings (SSSR count). The van der Waals surface area contributed by atoms with Crippen molar-refractivity contribution in [1.82, 2.24) is 9.97 Å². The first-order chi connectivity index (χ1) is 7.66. The van der Waals surface area contributed by atoms with Crippen LogP contribution in [0.2, 0.25) is 0 Å². The van der Waals surface area contributed by atoms with Gasteiger partial charge in [-0.25, -0.2) is 9.97 Å². The molecule has 2 N–H and O–H groups in total. The third-order valence-corrected chi connectivity index (χ3v) is 2.18. The largest absolute Gasteiger partial charge is 0.477 e. The van der Waals surface area contributed by atoms with Gasteiger partial charge in [0, 0.05) is 5.69 Å². The highest BCUT2D eigenvalue weighted by molar-refractivity contribution is 5.85. The van der Waals surface area contributed by atoms with Crippen LogP contribution >= 0.6 is 0 Å². The van der Waals surface area contributed by atoms with Crippen LogP contribution in [0.5, 0.6) is 5.88 Å². The minimum Gasteiger partial charge on any atom is -0.477 e. The van der Waals surface area contributed by atoms with Crippen molar-refractivity contribution < 1.29 is 4.74 Å². The molecule has 0 unspecified atom stereocenters. The fraction of sp³-hybridized carbons (Fsp3) is 0.333. The Balaban J connectivity index is 2.38. The Labute approximate surface area is 94.5 Å². The Bertz CT molecular complexity index is 497. The summed E-state index contributed by atoms with van der Waals surface area (Å²) in [6.07, 6.45) is 1.50. The van der Waals surface area contributed by atoms with Gasteiger partial charge < -0.3 is 10.5 Å². The third-order valence-electron chi connectivity index (χ3n) is 2.18. The number of anilines is 1. The van der Waals surface area contributed by atoms with Crippen molar-refractivity contribution in [3.8, 4) is 5.88 Å². The molecule has 0 spiro atoms. The zero-order chi connectivity index (χ0) is 11.5. The van der Waals surface area contributed by atoms with Crippen molar-refractivity contribution >= 4 is 16.6 Å². The third kappa shape index (κ3) is 2.21. The van der Waals surface area contributed by atoms with Gasteiger partial charge in [-0.05, 0) is 24.1 Å². The molecular formula is C12H15N3O. The van der Waals surface area contributed by atoms with Gasteiger partial charge in [0.1, 0.15) is 6.33 Å². The zero-order valence-electron chi connectivity index (χ0n) is 9.47. The molecule has 0 bridgehead atoms. The number of nitrogen functional groups attached to an aromatic ring is 1. The maximum absolute atomic E-state index is 5.69. The lowest BCUT2D eigenvalue weighted by Gasteiger charge is -2.09. The van der Waals surface area contributed by atoms with Gasteiger partial charge in [0.15, 0.2) is 0 Å². The number of hydrogen-bond donors (Lipinski definition) is 1. The van der Waals surface area contributed by atoms with E-state index in [2.05, 4.69) is 23.8 Å². The van der Waals surface area contributed by atoms with E-state index in [1.54, 1.807) is 0 Å². The van der Waals surface area contributed by atoms with Gasteiger partial charge in [-0.2, -0.15) is 0 Å². The van der Waals surface area contributed by atoms with Crippen molar-refractivity contribution in [2.75, 3.05) is 12.3 Å². The van der Waals surface area contributed by atoms with Crippen LogP contribution in [0.15, 0.2) is 24.5 Å². The van der Waals surface area contributed by atoms with Gasteiger partial charge >= 0.3 is 0 Å². The Morgan fingerprint density at radius 2 is 2.12 bits per heavy atom. The zero-order valence-corrected chi connectivity index (χ0v) is 9.47. The first kappa shape index (κ1) is 10.7. The Kier molecular flexibility index (Phi) is 2.90. The summed E-state index contributed by atoms with van der Waals surface area (Å²) in [7, 11) is 0. The van der Waals surface area contributed by atoms with Crippen molar-refractivity contribution in [2.24, 2.45) is 5.92 Å². The number of aromatic nitrogens is 2. The first-order valence-corrected chi connectivity index (χ1v) is 5.30. The van der Waals surface area contributed by atoms with E-state index >= 15 is 0 Å². The van der Waals surface area contributed by atoms with E-state index in [1.807, 2.05) is 18.2 Å². The summed E-state index contributed by atoms with van der Waals surface area (Å²) >= 11 is 0. The quantitative estimate of drug-likeness (QED) is 0.801. The molecule has 4 nitrogen and oxygen atoms in total. The number of nitrogens with two attached hydrogens (primary N) is 1. The van der Waals surface area contributed by atoms with Crippen molar-refractivity contribution in [3.63, 3.8) is 0 Å². The number of rotatable bonds is 3. The van der Waals surface area contributed by atoms with Crippen LogP contribution < -0.4 is 10.5 Å². The van der Waals surface area contributed by atoms with Crippen LogP contribution in [0.4, 0.5) is 5.69 Å². The lowest BCUT2D eigenvalue weighted by Crippen LogP contribution is -2.06. The summed E-state index contributed by atoms with van der Waals surface area (Å²) in [4.78, 5) is 8.29. The second kappa shape index (κ2) is 4.35. The second-order valence-electron chi connectivity index (χ2n) is 4.16. The molecule has 1 heterocycles. The Morgan fingerprint density at radius 3 is 2.88 bits per heavy atom. The van der Waals surface area contributed by atoms with Crippen LogP contribution in [0.1, 0.15) is 13.8 Å². The van der Waals surface area contributed by atoms with Crippen molar-refractivity contribution in [1.29, 1.82) is 0 Å². The van der Waals surface area contributed by atoms with Crippen LogP contribution in [0.3, 0.4) is 0 Å². The second-order valence-corrected chi connectivity index (χ2v) is 4.16. The number of fused-ring (bicyclic) bond motifs is 1. The summed E-state index contributed by atoms with van der Waals surface area (Å²) in [5.74, 6) is 1.09. The monoisotopic (exact) mass is 217 g/mol. The molecule has 4 heteroatoms. The number of nitrogens with zero attached hydrogens (tertiary/aromatic N) is 2. The number of benzene rings is 1. The molecule has 0 aliphatic heterocycles. The predicted molar refractivity (Wildman–Crippen MR) is 64.3 cm³/mol. The molecule has 1 aromatic heterocycles. The summed E-state index contributed by atoms with van der Waals surface area (Å²) in [5.41, 5.74) is 7.20. The molecule has 84 valence electrons.